The molecule has 2 aromatic heterocycles. The third-order valence-corrected chi connectivity index (χ3v) is 11.2. The summed E-state index contributed by atoms with van der Waals surface area (Å²) >= 11 is 0. The van der Waals surface area contributed by atoms with Gasteiger partial charge >= 0.3 is 0 Å². The van der Waals surface area contributed by atoms with E-state index in [1.807, 2.05) is 53.4 Å². The van der Waals surface area contributed by atoms with E-state index in [4.69, 9.17) is 33.5 Å². The molecule has 9 rings (SSSR count). The van der Waals surface area contributed by atoms with Crippen LogP contribution in [0.25, 0.3) is 21.9 Å². The Morgan fingerprint density at radius 3 is 1.62 bits per heavy atom. The lowest BCUT2D eigenvalue weighted by atomic mass is 9.35. The van der Waals surface area contributed by atoms with E-state index in [0.717, 1.165) is 41.0 Å². The molecule has 5 aromatic carbocycles. The summed E-state index contributed by atoms with van der Waals surface area (Å²) in [5, 5.41) is 1.57. The number of benzene rings is 5. The van der Waals surface area contributed by atoms with Gasteiger partial charge in [0.2, 0.25) is 0 Å². The van der Waals surface area contributed by atoms with Crippen molar-refractivity contribution in [3.8, 4) is 0 Å². The fourth-order valence-corrected chi connectivity index (χ4v) is 8.25. The zero-order valence-electron chi connectivity index (χ0n) is 50.5. The molecule has 0 N–H and O–H groups in total. The number of rotatable bonds is 2. The second-order valence-corrected chi connectivity index (χ2v) is 17.6. The van der Waals surface area contributed by atoms with E-state index < -0.39 is 70.0 Å². The van der Waals surface area contributed by atoms with Gasteiger partial charge in [-0.05, 0) is 117 Å². The average Bonchev–Trinajstić information content (AvgIpc) is 3.84. The summed E-state index contributed by atoms with van der Waals surface area (Å²) in [5.74, 6) is -0.443. The molecule has 0 spiro atoms. The van der Waals surface area contributed by atoms with Crippen LogP contribution in [0.1, 0.15) is 135 Å². The van der Waals surface area contributed by atoms with E-state index in [1.165, 1.54) is 29.2 Å². The second kappa shape index (κ2) is 11.9. The fourth-order valence-electron chi connectivity index (χ4n) is 8.25. The Kier molecular flexibility index (Phi) is 4.56. The summed E-state index contributed by atoms with van der Waals surface area (Å²) in [5.41, 5.74) is -0.879. The minimum absolute atomic E-state index is 0.0652. The number of hydrogen-bond donors (Lipinski definition) is 0. The SMILES string of the molecule is [2H]C([2H])([2H])c1cc2c3c(c1)N(c1ccc(C(C([2H])([2H])[2H])(C([2H])([2H])[2H])C([2H])([2H])[2H])cc1)c1cc(C(C)(C([2H])([2H])[2H])C([2H])([2H])[2H])oc1B3c1cc3oc4ccc(C(C)(C)C)cc4c3cc1N2c1ccc(C(C)(C)C)cc1. The van der Waals surface area contributed by atoms with Crippen LogP contribution in [-0.4, -0.2) is 6.71 Å². The van der Waals surface area contributed by atoms with Crippen LogP contribution in [0.2, 0.25) is 0 Å². The van der Waals surface area contributed by atoms with Crippen LogP contribution in [0, 0.1) is 6.85 Å². The van der Waals surface area contributed by atoms with Crippen molar-refractivity contribution in [2.45, 2.75) is 111 Å². The molecule has 2 aliphatic heterocycles. The topological polar surface area (TPSA) is 32.8 Å². The third-order valence-electron chi connectivity index (χ3n) is 11.2. The molecule has 2 aliphatic rings. The summed E-state index contributed by atoms with van der Waals surface area (Å²) in [6.07, 6.45) is 0. The molecule has 4 heterocycles. The van der Waals surface area contributed by atoms with Gasteiger partial charge in [-0.25, -0.2) is 0 Å². The van der Waals surface area contributed by atoms with E-state index in [0.29, 0.717) is 39.2 Å². The number of anilines is 6. The van der Waals surface area contributed by atoms with Crippen molar-refractivity contribution >= 4 is 79.4 Å². The number of hydrogen-bond acceptors (Lipinski definition) is 4. The largest absolute Gasteiger partial charge is 0.473 e. The molecule has 0 bridgehead atoms. The van der Waals surface area contributed by atoms with E-state index in [9.17, 15) is 0 Å². The molecular formula is C51H55BN2O2. The molecule has 0 unspecified atom stereocenters. The molecule has 0 amide bonds. The van der Waals surface area contributed by atoms with E-state index in [2.05, 4.69) is 47.6 Å². The van der Waals surface area contributed by atoms with Crippen LogP contribution in [0.3, 0.4) is 0 Å². The molecule has 0 radical (unpaired) electrons. The Morgan fingerprint density at radius 2 is 1.05 bits per heavy atom. The van der Waals surface area contributed by atoms with Gasteiger partial charge in [0.25, 0.3) is 6.71 Å². The first-order valence-electron chi connectivity index (χ1n) is 27.8. The number of fused-ring (bicyclic) bond motifs is 7. The van der Waals surface area contributed by atoms with E-state index >= 15 is 0 Å². The van der Waals surface area contributed by atoms with Crippen LogP contribution in [0.5, 0.6) is 0 Å². The van der Waals surface area contributed by atoms with Crippen molar-refractivity contribution in [1.82, 2.24) is 0 Å². The van der Waals surface area contributed by atoms with Gasteiger partial charge in [0.15, 0.2) is 0 Å². The minimum atomic E-state index is -3.58. The Hall–Kier alpha value is -5.16. The molecule has 0 fully saturated rings. The summed E-state index contributed by atoms with van der Waals surface area (Å²) in [6, 6.07) is 26.8. The van der Waals surface area contributed by atoms with Crippen LogP contribution >= 0.6 is 0 Å². The van der Waals surface area contributed by atoms with Crippen LogP contribution < -0.4 is 26.4 Å². The Morgan fingerprint density at radius 1 is 0.500 bits per heavy atom. The van der Waals surface area contributed by atoms with Gasteiger partial charge in [-0.1, -0.05) is 113 Å². The number of nitrogens with zero attached hydrogens (tertiary/aromatic N) is 2. The van der Waals surface area contributed by atoms with Crippen molar-refractivity contribution in [2.75, 3.05) is 9.80 Å². The third kappa shape index (κ3) is 5.72. The maximum absolute atomic E-state index is 8.88. The summed E-state index contributed by atoms with van der Waals surface area (Å²) < 4.78 is 168. The average molecular weight is 757 g/mol. The van der Waals surface area contributed by atoms with E-state index in [-0.39, 0.29) is 39.1 Å². The molecule has 284 valence electrons. The van der Waals surface area contributed by atoms with Gasteiger partial charge in [0.05, 0.1) is 11.3 Å². The first-order valence-corrected chi connectivity index (χ1v) is 18.8. The highest BCUT2D eigenvalue weighted by Gasteiger charge is 2.47. The van der Waals surface area contributed by atoms with Crippen LogP contribution in [-0.2, 0) is 21.7 Å². The molecule has 0 saturated heterocycles. The van der Waals surface area contributed by atoms with Crippen molar-refractivity contribution in [3.63, 3.8) is 0 Å². The van der Waals surface area contributed by atoms with Gasteiger partial charge < -0.3 is 18.6 Å². The van der Waals surface area contributed by atoms with Crippen LogP contribution in [0.15, 0.2) is 106 Å². The second-order valence-electron chi connectivity index (χ2n) is 17.6. The molecule has 0 saturated carbocycles. The standard InChI is InChI=1S/C51H55BN2O2/c1-30-24-40-46-41(25-30)54(35-21-16-32(17-22-35)49(5,6)7)42-29-45(51(11,12)13)56-47(42)52(46)38-28-44-37(36-26-33(50(8,9)10)18-23-43(36)55-44)27-39(38)53(40)34-19-14-31(15-20-34)48(2,3)4/h14-29H,1-13H3/i1D3,5D3,6D3,7D3,11D3,12D3. The van der Waals surface area contributed by atoms with Gasteiger partial charge in [-0.3, -0.25) is 0 Å². The lowest BCUT2D eigenvalue weighted by Crippen LogP contribution is -2.61. The number of aryl methyl sites for hydroxylation is 1. The summed E-state index contributed by atoms with van der Waals surface area (Å²) in [4.78, 5) is 3.47. The molecular weight excluding hydrogens is 683 g/mol. The predicted octanol–water partition coefficient (Wildman–Crippen LogP) is 12.8. The van der Waals surface area contributed by atoms with Gasteiger partial charge in [-0.15, -0.1) is 0 Å². The van der Waals surface area contributed by atoms with Crippen LogP contribution in [0.4, 0.5) is 34.1 Å². The highest BCUT2D eigenvalue weighted by atomic mass is 16.3. The first-order chi connectivity index (χ1) is 33.6. The van der Waals surface area contributed by atoms with Crippen molar-refractivity contribution < 1.29 is 33.5 Å². The first kappa shape index (κ1) is 21.4. The molecule has 0 atom stereocenters. The van der Waals surface area contributed by atoms with Crippen molar-refractivity contribution in [3.05, 3.63) is 125 Å². The highest BCUT2D eigenvalue weighted by Crippen LogP contribution is 2.47. The van der Waals surface area contributed by atoms with E-state index in [1.54, 1.807) is 6.07 Å². The maximum Gasteiger partial charge on any atom is 0.297 e. The molecule has 56 heavy (non-hydrogen) atoms. The smallest absolute Gasteiger partial charge is 0.297 e. The summed E-state index contributed by atoms with van der Waals surface area (Å²) in [6.45, 7) is -7.23. The highest BCUT2D eigenvalue weighted by molar-refractivity contribution is 6.99. The summed E-state index contributed by atoms with van der Waals surface area (Å²) in [7, 11) is 0. The van der Waals surface area contributed by atoms with Gasteiger partial charge in [0.1, 0.15) is 16.9 Å². The predicted molar refractivity (Wildman–Crippen MR) is 240 cm³/mol. The maximum atomic E-state index is 8.88. The quantitative estimate of drug-likeness (QED) is 0.164. The Labute approximate surface area is 358 Å². The van der Waals surface area contributed by atoms with Gasteiger partial charge in [0, 0.05) is 75.4 Å². The van der Waals surface area contributed by atoms with Crippen molar-refractivity contribution in [1.29, 1.82) is 0 Å². The normalized spacial score (nSPS) is 20.5. The zero-order valence-corrected chi connectivity index (χ0v) is 32.5. The van der Waals surface area contributed by atoms with Crippen molar-refractivity contribution in [2.24, 2.45) is 0 Å². The lowest BCUT2D eigenvalue weighted by molar-refractivity contribution is 0.424. The lowest BCUT2D eigenvalue weighted by Gasteiger charge is -2.42. The molecule has 0 aliphatic carbocycles. The Bertz CT molecular complexity index is 3310. The molecule has 7 aromatic rings. The monoisotopic (exact) mass is 757 g/mol. The Balaban J connectivity index is 1.43. The van der Waals surface area contributed by atoms with Gasteiger partial charge in [-0.2, -0.15) is 0 Å². The molecule has 5 heteroatoms. The minimum Gasteiger partial charge on any atom is -0.473 e. The molecule has 4 nitrogen and oxygen atoms in total. The number of furan rings is 2. The fraction of sp³-hybridized carbons (Fsp3) is 0.333. The zero-order chi connectivity index (χ0) is 54.9.